The van der Waals surface area contributed by atoms with Crippen LogP contribution in [0.1, 0.15) is 42.4 Å². The van der Waals surface area contributed by atoms with Crippen molar-refractivity contribution in [3.8, 4) is 17.1 Å². The van der Waals surface area contributed by atoms with Crippen molar-refractivity contribution in [2.24, 2.45) is 0 Å². The minimum atomic E-state index is -4.12. The summed E-state index contributed by atoms with van der Waals surface area (Å²) < 4.78 is 32.5. The second kappa shape index (κ2) is 8.47. The normalized spacial score (nSPS) is 11.8. The highest BCUT2D eigenvalue weighted by molar-refractivity contribution is 7.90. The van der Waals surface area contributed by atoms with Gasteiger partial charge in [-0.3, -0.25) is 9.78 Å². The molecule has 0 radical (unpaired) electrons. The molecule has 0 atom stereocenters. The highest BCUT2D eigenvalue weighted by Crippen LogP contribution is 2.28. The van der Waals surface area contributed by atoms with Gasteiger partial charge in [-0.05, 0) is 25.1 Å². The molecule has 0 saturated heterocycles. The number of carbonyl (C=O) groups is 1. The van der Waals surface area contributed by atoms with E-state index in [1.165, 1.54) is 19.2 Å². The summed E-state index contributed by atoms with van der Waals surface area (Å²) in [4.78, 5) is 21.5. The largest absolute Gasteiger partial charge is 0.481 e. The van der Waals surface area contributed by atoms with Gasteiger partial charge in [0.2, 0.25) is 5.88 Å². The third-order valence-electron chi connectivity index (χ3n) is 4.69. The Labute approximate surface area is 182 Å². The first-order chi connectivity index (χ1) is 14.5. The molecule has 31 heavy (non-hydrogen) atoms. The first-order valence-electron chi connectivity index (χ1n) is 9.67. The van der Waals surface area contributed by atoms with Gasteiger partial charge in [0, 0.05) is 22.7 Å². The number of ether oxygens (including phenoxy) is 1. The summed E-state index contributed by atoms with van der Waals surface area (Å²) in [6.07, 6.45) is 1.14. The molecule has 0 aliphatic carbocycles. The van der Waals surface area contributed by atoms with Crippen molar-refractivity contribution in [2.45, 2.75) is 38.0 Å². The van der Waals surface area contributed by atoms with Crippen molar-refractivity contribution < 1.29 is 17.9 Å². The average Bonchev–Trinajstić information content (AvgIpc) is 2.73. The minimum absolute atomic E-state index is 0.141. The summed E-state index contributed by atoms with van der Waals surface area (Å²) in [5, 5.41) is 0. The zero-order valence-electron chi connectivity index (χ0n) is 18.1. The Hall–Kier alpha value is -3.26. The summed E-state index contributed by atoms with van der Waals surface area (Å²) in [7, 11) is -2.69. The topological polar surface area (TPSA) is 98.2 Å². The number of aryl methyl sites for hydroxylation is 1. The molecular weight excluding hydrogens is 414 g/mol. The predicted molar refractivity (Wildman–Crippen MR) is 119 cm³/mol. The van der Waals surface area contributed by atoms with Crippen LogP contribution in [-0.2, 0) is 15.4 Å². The lowest BCUT2D eigenvalue weighted by Gasteiger charge is -2.20. The van der Waals surface area contributed by atoms with Crippen LogP contribution < -0.4 is 9.46 Å². The molecule has 1 N–H and O–H groups in total. The molecule has 2 heterocycles. The summed E-state index contributed by atoms with van der Waals surface area (Å²) in [5.74, 6) is -0.492. The third kappa shape index (κ3) is 5.08. The molecule has 0 aliphatic rings. The lowest BCUT2D eigenvalue weighted by atomic mass is 9.90. The minimum Gasteiger partial charge on any atom is -0.481 e. The van der Waals surface area contributed by atoms with E-state index in [9.17, 15) is 13.2 Å². The van der Waals surface area contributed by atoms with E-state index in [0.717, 1.165) is 23.0 Å². The van der Waals surface area contributed by atoms with Crippen molar-refractivity contribution in [3.05, 3.63) is 71.5 Å². The maximum atomic E-state index is 13.0. The van der Waals surface area contributed by atoms with E-state index in [2.05, 4.69) is 9.71 Å². The first kappa shape index (κ1) is 22.4. The summed E-state index contributed by atoms with van der Waals surface area (Å²) in [6.45, 7) is 8.03. The van der Waals surface area contributed by atoms with Gasteiger partial charge in [0.05, 0.1) is 24.6 Å². The number of methoxy groups -OCH3 is 1. The number of sulfonamides is 1. The number of nitrogens with one attached hydrogen (secondary N) is 1. The van der Waals surface area contributed by atoms with Crippen LogP contribution in [0, 0.1) is 6.92 Å². The number of benzene rings is 1. The van der Waals surface area contributed by atoms with Gasteiger partial charge < -0.3 is 4.74 Å². The molecule has 0 bridgehead atoms. The van der Waals surface area contributed by atoms with Gasteiger partial charge in [-0.15, -0.1) is 0 Å². The van der Waals surface area contributed by atoms with Gasteiger partial charge in [0.1, 0.15) is 4.90 Å². The van der Waals surface area contributed by atoms with Gasteiger partial charge in [0.25, 0.3) is 15.9 Å². The molecule has 162 valence electrons. The second-order valence-electron chi connectivity index (χ2n) is 8.18. The van der Waals surface area contributed by atoms with Gasteiger partial charge in [-0.25, -0.2) is 18.1 Å². The van der Waals surface area contributed by atoms with Crippen LogP contribution in [-0.4, -0.2) is 31.4 Å². The van der Waals surface area contributed by atoms with Gasteiger partial charge >= 0.3 is 0 Å². The fourth-order valence-electron chi connectivity index (χ4n) is 2.87. The number of rotatable bonds is 5. The van der Waals surface area contributed by atoms with Gasteiger partial charge in [-0.2, -0.15) is 0 Å². The average molecular weight is 440 g/mol. The number of pyridine rings is 2. The molecule has 2 aromatic heterocycles. The predicted octanol–water partition coefficient (Wildman–Crippen LogP) is 3.88. The van der Waals surface area contributed by atoms with Crippen molar-refractivity contribution in [3.63, 3.8) is 0 Å². The number of amides is 1. The quantitative estimate of drug-likeness (QED) is 0.648. The Morgan fingerprint density at radius 3 is 2.23 bits per heavy atom. The smallest absolute Gasteiger partial charge is 0.267 e. The van der Waals surface area contributed by atoms with Crippen LogP contribution in [0.4, 0.5) is 0 Å². The van der Waals surface area contributed by atoms with E-state index in [1.54, 1.807) is 12.1 Å². The zero-order valence-corrected chi connectivity index (χ0v) is 18.9. The molecule has 7 nitrogen and oxygen atoms in total. The van der Waals surface area contributed by atoms with Crippen molar-refractivity contribution in [1.82, 2.24) is 14.7 Å². The molecule has 3 aromatic rings. The Balaban J connectivity index is 2.02. The molecule has 8 heteroatoms. The van der Waals surface area contributed by atoms with E-state index in [0.29, 0.717) is 5.69 Å². The van der Waals surface area contributed by atoms with Crippen LogP contribution in [0.3, 0.4) is 0 Å². The maximum Gasteiger partial charge on any atom is 0.267 e. The first-order valence-corrected chi connectivity index (χ1v) is 11.2. The zero-order chi connectivity index (χ0) is 22.8. The lowest BCUT2D eigenvalue weighted by Crippen LogP contribution is -2.31. The van der Waals surface area contributed by atoms with Crippen LogP contribution in [0.25, 0.3) is 11.3 Å². The SMILES string of the molecule is COc1ccc(S(=O)(=O)NC(=O)c2ccc(C(C)(C)C)nc2-c2ccc(C)cc2)cn1. The fourth-order valence-corrected chi connectivity index (χ4v) is 3.78. The van der Waals surface area contributed by atoms with E-state index >= 15 is 0 Å². The fraction of sp³-hybridized carbons (Fsp3) is 0.261. The summed E-state index contributed by atoms with van der Waals surface area (Å²) >= 11 is 0. The van der Waals surface area contributed by atoms with Crippen molar-refractivity contribution in [2.75, 3.05) is 7.11 Å². The van der Waals surface area contributed by atoms with Crippen LogP contribution in [0.5, 0.6) is 5.88 Å². The molecule has 0 aliphatic heterocycles. The summed E-state index contributed by atoms with van der Waals surface area (Å²) in [6, 6.07) is 13.7. The molecule has 0 fully saturated rings. The molecule has 0 spiro atoms. The van der Waals surface area contributed by atoms with Crippen LogP contribution in [0.2, 0.25) is 0 Å². The molecule has 0 saturated carbocycles. The highest BCUT2D eigenvalue weighted by Gasteiger charge is 2.24. The molecule has 1 aromatic carbocycles. The van der Waals surface area contributed by atoms with Gasteiger partial charge in [-0.1, -0.05) is 50.6 Å². The number of nitrogens with zero attached hydrogens (tertiary/aromatic N) is 2. The summed E-state index contributed by atoms with van der Waals surface area (Å²) in [5.41, 5.74) is 2.94. The molecular formula is C23H25N3O4S. The number of carbonyl (C=O) groups excluding carboxylic acids is 1. The number of aromatic nitrogens is 2. The van der Waals surface area contributed by atoms with Gasteiger partial charge in [0.15, 0.2) is 0 Å². The number of hydrogen-bond acceptors (Lipinski definition) is 6. The van der Waals surface area contributed by atoms with Crippen molar-refractivity contribution >= 4 is 15.9 Å². The Bertz CT molecular complexity index is 1200. The van der Waals surface area contributed by atoms with E-state index < -0.39 is 15.9 Å². The molecule has 1 amide bonds. The standard InChI is InChI=1S/C23H25N3O4S/c1-15-6-8-16(9-7-15)21-18(11-12-19(25-21)23(2,3)4)22(27)26-31(28,29)17-10-13-20(30-5)24-14-17/h6-14H,1-5H3,(H,26,27). The highest BCUT2D eigenvalue weighted by atomic mass is 32.2. The Morgan fingerprint density at radius 1 is 1.00 bits per heavy atom. The lowest BCUT2D eigenvalue weighted by molar-refractivity contribution is 0.0981. The monoisotopic (exact) mass is 439 g/mol. The number of hydrogen-bond donors (Lipinski definition) is 1. The maximum absolute atomic E-state index is 13.0. The molecule has 0 unspecified atom stereocenters. The third-order valence-corrected chi connectivity index (χ3v) is 6.01. The Morgan fingerprint density at radius 2 is 1.68 bits per heavy atom. The van der Waals surface area contributed by atoms with E-state index in [-0.39, 0.29) is 21.8 Å². The van der Waals surface area contributed by atoms with E-state index in [1.807, 2.05) is 52.0 Å². The Kier molecular flexibility index (Phi) is 6.13. The van der Waals surface area contributed by atoms with Crippen molar-refractivity contribution in [1.29, 1.82) is 0 Å². The van der Waals surface area contributed by atoms with E-state index in [4.69, 9.17) is 9.72 Å². The molecule has 3 rings (SSSR count). The second-order valence-corrected chi connectivity index (χ2v) is 9.86. The van der Waals surface area contributed by atoms with Crippen LogP contribution >= 0.6 is 0 Å². The van der Waals surface area contributed by atoms with Crippen LogP contribution in [0.15, 0.2) is 59.6 Å².